The van der Waals surface area contributed by atoms with Crippen molar-refractivity contribution < 1.29 is 19.4 Å². The average molecular weight is 480 g/mol. The summed E-state index contributed by atoms with van der Waals surface area (Å²) in [6.07, 6.45) is 0.677. The number of azo groups is 1. The number of hydrogen-bond donors (Lipinski definition) is 1. The van der Waals surface area contributed by atoms with Crippen LogP contribution >= 0.6 is 0 Å². The molecule has 1 aromatic heterocycles. The minimum Gasteiger partial charge on any atom is -0.494 e. The van der Waals surface area contributed by atoms with Crippen LogP contribution in [0.4, 0.5) is 5.69 Å². The summed E-state index contributed by atoms with van der Waals surface area (Å²) in [7, 11) is 0. The molecule has 0 aliphatic heterocycles. The van der Waals surface area contributed by atoms with Crippen molar-refractivity contribution in [3.8, 4) is 17.4 Å². The van der Waals surface area contributed by atoms with E-state index >= 15 is 0 Å². The van der Waals surface area contributed by atoms with E-state index in [9.17, 15) is 9.90 Å². The van der Waals surface area contributed by atoms with E-state index in [1.807, 2.05) is 97.1 Å². The number of rotatable bonds is 9. The summed E-state index contributed by atoms with van der Waals surface area (Å²) in [6, 6.07) is 30.6. The number of para-hydroxylation sites is 2. The molecule has 1 amide bonds. The Morgan fingerprint density at radius 1 is 0.806 bits per heavy atom. The number of carbonyl (C=O) groups is 1. The molecule has 0 spiro atoms. The molecule has 7 heteroatoms. The number of aromatic nitrogens is 1. The molecule has 0 fully saturated rings. The van der Waals surface area contributed by atoms with Crippen LogP contribution in [0.2, 0.25) is 0 Å². The summed E-state index contributed by atoms with van der Waals surface area (Å²) in [5.74, 6) is 0.797. The summed E-state index contributed by atoms with van der Waals surface area (Å²) in [4.78, 5) is 12.4. The van der Waals surface area contributed by atoms with Gasteiger partial charge in [-0.1, -0.05) is 66.7 Å². The highest BCUT2D eigenvalue weighted by Crippen LogP contribution is 2.39. The second-order valence-electron chi connectivity index (χ2n) is 8.25. The van der Waals surface area contributed by atoms with E-state index in [0.29, 0.717) is 30.7 Å². The zero-order chi connectivity index (χ0) is 24.7. The van der Waals surface area contributed by atoms with Crippen molar-refractivity contribution in [3.05, 3.63) is 97.1 Å². The Labute approximate surface area is 208 Å². The number of ether oxygens (including phenoxy) is 2. The predicted molar refractivity (Wildman–Crippen MR) is 139 cm³/mol. The van der Waals surface area contributed by atoms with E-state index in [4.69, 9.17) is 9.47 Å². The third kappa shape index (κ3) is 5.20. The van der Waals surface area contributed by atoms with Gasteiger partial charge in [0.25, 0.3) is 0 Å². The quantitative estimate of drug-likeness (QED) is 0.189. The van der Waals surface area contributed by atoms with Crippen molar-refractivity contribution in [2.24, 2.45) is 10.2 Å². The van der Waals surface area contributed by atoms with E-state index in [-0.39, 0.29) is 18.2 Å². The summed E-state index contributed by atoms with van der Waals surface area (Å²) in [5, 5.41) is 21.6. The minimum atomic E-state index is -0.546. The number of benzene rings is 4. The number of hydrogen-bond acceptors (Lipinski definition) is 5. The fourth-order valence-electron chi connectivity index (χ4n) is 4.06. The number of fused-ring (bicyclic) bond motifs is 2. The third-order valence-corrected chi connectivity index (χ3v) is 5.80. The fraction of sp³-hybridized carbons (Fsp3) is 0.138. The molecule has 1 N–H and O–H groups in total. The maximum absolute atomic E-state index is 12.4. The average Bonchev–Trinajstić information content (AvgIpc) is 3.19. The molecule has 7 nitrogen and oxygen atoms in total. The van der Waals surface area contributed by atoms with Crippen LogP contribution in [0.1, 0.15) is 6.42 Å². The van der Waals surface area contributed by atoms with Crippen LogP contribution in [-0.4, -0.2) is 28.8 Å². The summed E-state index contributed by atoms with van der Waals surface area (Å²) >= 11 is 0. The molecule has 0 bridgehead atoms. The van der Waals surface area contributed by atoms with E-state index in [0.717, 1.165) is 22.0 Å². The maximum Gasteiger partial charge on any atom is 0.302 e. The molecule has 5 aromatic rings. The van der Waals surface area contributed by atoms with Gasteiger partial charge < -0.3 is 19.1 Å². The Hall–Kier alpha value is -4.65. The second-order valence-corrected chi connectivity index (χ2v) is 8.25. The molecule has 0 atom stereocenters. The minimum absolute atomic E-state index is 0.0390. The van der Waals surface area contributed by atoms with Gasteiger partial charge >= 0.3 is 5.91 Å². The van der Waals surface area contributed by atoms with Gasteiger partial charge in [-0.15, -0.1) is 10.2 Å². The van der Waals surface area contributed by atoms with Crippen LogP contribution in [0.15, 0.2) is 107 Å². The molecule has 4 aromatic carbocycles. The maximum atomic E-state index is 12.4. The highest BCUT2D eigenvalue weighted by molar-refractivity contribution is 5.95. The lowest BCUT2D eigenvalue weighted by atomic mass is 10.1. The molecule has 0 aliphatic carbocycles. The number of aromatic hydroxyl groups is 1. The summed E-state index contributed by atoms with van der Waals surface area (Å²) in [5.41, 5.74) is 1.07. The predicted octanol–water partition coefficient (Wildman–Crippen LogP) is 6.66. The molecular weight excluding hydrogens is 454 g/mol. The first kappa shape index (κ1) is 23.1. The molecule has 0 aliphatic rings. The zero-order valence-corrected chi connectivity index (χ0v) is 19.6. The number of aryl methyl sites for hydroxylation is 1. The lowest BCUT2D eigenvalue weighted by Gasteiger charge is -2.08. The topological polar surface area (TPSA) is 85.4 Å². The Balaban J connectivity index is 1.25. The monoisotopic (exact) mass is 479 g/mol. The molecule has 5 rings (SSSR count). The Morgan fingerprint density at radius 2 is 1.56 bits per heavy atom. The van der Waals surface area contributed by atoms with Gasteiger partial charge in [0.05, 0.1) is 12.1 Å². The van der Waals surface area contributed by atoms with Gasteiger partial charge in [0.15, 0.2) is 12.3 Å². The molecule has 36 heavy (non-hydrogen) atoms. The van der Waals surface area contributed by atoms with Crippen LogP contribution in [0, 0.1) is 0 Å². The normalized spacial score (nSPS) is 11.3. The van der Waals surface area contributed by atoms with Crippen LogP contribution in [0.25, 0.3) is 21.7 Å². The molecular formula is C29H25N3O4. The number of amides is 1. The summed E-state index contributed by atoms with van der Waals surface area (Å²) < 4.78 is 13.1. The van der Waals surface area contributed by atoms with Crippen LogP contribution in [0.3, 0.4) is 0 Å². The van der Waals surface area contributed by atoms with E-state index < -0.39 is 5.91 Å². The molecule has 0 saturated heterocycles. The van der Waals surface area contributed by atoms with E-state index in [2.05, 4.69) is 10.2 Å². The van der Waals surface area contributed by atoms with Crippen molar-refractivity contribution >= 4 is 33.3 Å². The third-order valence-electron chi connectivity index (χ3n) is 5.80. The first-order valence-corrected chi connectivity index (χ1v) is 11.7. The smallest absolute Gasteiger partial charge is 0.302 e. The van der Waals surface area contributed by atoms with Crippen LogP contribution in [-0.2, 0) is 11.3 Å². The van der Waals surface area contributed by atoms with E-state index in [1.165, 1.54) is 0 Å². The van der Waals surface area contributed by atoms with Crippen molar-refractivity contribution in [1.82, 2.24) is 4.57 Å². The van der Waals surface area contributed by atoms with Gasteiger partial charge in [-0.2, -0.15) is 0 Å². The summed E-state index contributed by atoms with van der Waals surface area (Å²) in [6.45, 7) is 0.767. The first-order valence-electron chi connectivity index (χ1n) is 11.7. The molecule has 180 valence electrons. The zero-order valence-electron chi connectivity index (χ0n) is 19.6. The van der Waals surface area contributed by atoms with Gasteiger partial charge in [0, 0.05) is 11.9 Å². The Kier molecular flexibility index (Phi) is 6.89. The van der Waals surface area contributed by atoms with Gasteiger partial charge in [0.2, 0.25) is 5.88 Å². The lowest BCUT2D eigenvalue weighted by Crippen LogP contribution is -2.07. The van der Waals surface area contributed by atoms with Gasteiger partial charge in [0.1, 0.15) is 11.5 Å². The highest BCUT2D eigenvalue weighted by atomic mass is 16.5. The van der Waals surface area contributed by atoms with Gasteiger partial charge in [-0.3, -0.25) is 4.79 Å². The van der Waals surface area contributed by atoms with E-state index in [1.54, 1.807) is 4.57 Å². The lowest BCUT2D eigenvalue weighted by molar-refractivity contribution is -0.120. The van der Waals surface area contributed by atoms with Gasteiger partial charge in [-0.25, -0.2) is 0 Å². The Morgan fingerprint density at radius 3 is 2.42 bits per heavy atom. The Bertz CT molecular complexity index is 1530. The fourth-order valence-corrected chi connectivity index (χ4v) is 4.06. The molecule has 1 heterocycles. The molecule has 0 saturated carbocycles. The number of nitrogens with zero attached hydrogens (tertiary/aromatic N) is 3. The second kappa shape index (κ2) is 10.7. The van der Waals surface area contributed by atoms with Crippen molar-refractivity contribution in [3.63, 3.8) is 0 Å². The van der Waals surface area contributed by atoms with Crippen molar-refractivity contribution in [1.29, 1.82) is 0 Å². The first-order chi connectivity index (χ1) is 17.7. The molecule has 0 radical (unpaired) electrons. The highest BCUT2D eigenvalue weighted by Gasteiger charge is 2.16. The standard InChI is InChI=1S/C29H25N3O4/c33-27(20-36-24-16-15-21-9-4-5-10-22(21)19-24)30-31-28-25-13-6-7-14-26(25)32(29(28)34)17-8-18-35-23-11-2-1-3-12-23/h1-7,9-16,19,34H,8,17-18,20H2. The van der Waals surface area contributed by atoms with Gasteiger partial charge in [-0.05, 0) is 47.5 Å². The van der Waals surface area contributed by atoms with Crippen LogP contribution in [0.5, 0.6) is 17.4 Å². The van der Waals surface area contributed by atoms with Crippen molar-refractivity contribution in [2.75, 3.05) is 13.2 Å². The largest absolute Gasteiger partial charge is 0.494 e. The SMILES string of the molecule is O=C(COc1ccc2ccccc2c1)N=Nc1c(O)n(CCCOc2ccccc2)c2ccccc12. The van der Waals surface area contributed by atoms with Crippen molar-refractivity contribution in [2.45, 2.75) is 13.0 Å². The number of carbonyl (C=O) groups excluding carboxylic acids is 1. The van der Waals surface area contributed by atoms with Crippen LogP contribution < -0.4 is 9.47 Å². The molecule has 0 unspecified atom stereocenters.